The van der Waals surface area contributed by atoms with Crippen molar-refractivity contribution in [2.24, 2.45) is 0 Å². The van der Waals surface area contributed by atoms with Gasteiger partial charge < -0.3 is 19.9 Å². The molecule has 1 aliphatic rings. The SMILES string of the molecule is CSCC(=O)N[C@@H]1COCC[C@H]1Oc1ccc(C(=O)O)cc1. The molecule has 2 atom stereocenters. The second-order valence-electron chi connectivity index (χ2n) is 4.96. The first-order chi connectivity index (χ1) is 10.6. The van der Waals surface area contributed by atoms with Gasteiger partial charge in [0.15, 0.2) is 0 Å². The van der Waals surface area contributed by atoms with E-state index in [4.69, 9.17) is 14.6 Å². The number of carboxylic acid groups (broad SMARTS) is 1. The van der Waals surface area contributed by atoms with Crippen molar-refractivity contribution >= 4 is 23.6 Å². The molecule has 120 valence electrons. The van der Waals surface area contributed by atoms with E-state index in [0.29, 0.717) is 31.1 Å². The third-order valence-corrected chi connectivity index (χ3v) is 3.85. The van der Waals surface area contributed by atoms with Crippen LogP contribution in [0.2, 0.25) is 0 Å². The first-order valence-corrected chi connectivity index (χ1v) is 8.35. The summed E-state index contributed by atoms with van der Waals surface area (Å²) < 4.78 is 11.3. The van der Waals surface area contributed by atoms with Gasteiger partial charge in [-0.1, -0.05) is 0 Å². The maximum atomic E-state index is 11.7. The molecule has 1 fully saturated rings. The van der Waals surface area contributed by atoms with E-state index in [9.17, 15) is 9.59 Å². The average Bonchev–Trinajstić information content (AvgIpc) is 2.50. The minimum atomic E-state index is -0.972. The van der Waals surface area contributed by atoms with Crippen molar-refractivity contribution in [3.05, 3.63) is 29.8 Å². The van der Waals surface area contributed by atoms with Gasteiger partial charge in [-0.05, 0) is 30.5 Å². The van der Waals surface area contributed by atoms with Gasteiger partial charge in [0.1, 0.15) is 11.9 Å². The molecule has 0 bridgehead atoms. The van der Waals surface area contributed by atoms with Crippen LogP contribution >= 0.6 is 11.8 Å². The molecule has 0 saturated carbocycles. The van der Waals surface area contributed by atoms with Gasteiger partial charge in [0.25, 0.3) is 0 Å². The molecule has 1 aromatic carbocycles. The first kappa shape index (κ1) is 16.6. The first-order valence-electron chi connectivity index (χ1n) is 6.96. The number of thioether (sulfide) groups is 1. The number of carbonyl (C=O) groups is 2. The second-order valence-corrected chi connectivity index (χ2v) is 5.82. The molecule has 6 nitrogen and oxygen atoms in total. The lowest BCUT2D eigenvalue weighted by Gasteiger charge is -2.32. The highest BCUT2D eigenvalue weighted by Crippen LogP contribution is 2.19. The van der Waals surface area contributed by atoms with Gasteiger partial charge >= 0.3 is 5.97 Å². The van der Waals surface area contributed by atoms with Crippen molar-refractivity contribution in [3.63, 3.8) is 0 Å². The van der Waals surface area contributed by atoms with E-state index in [0.717, 1.165) is 0 Å². The summed E-state index contributed by atoms with van der Waals surface area (Å²) in [6.07, 6.45) is 2.36. The van der Waals surface area contributed by atoms with Crippen LogP contribution in [0.3, 0.4) is 0 Å². The fourth-order valence-corrected chi connectivity index (χ4v) is 2.57. The van der Waals surface area contributed by atoms with Crippen LogP contribution in [-0.4, -0.2) is 54.4 Å². The number of carboxylic acids is 1. The maximum Gasteiger partial charge on any atom is 0.335 e. The normalized spacial score (nSPS) is 21.1. The van der Waals surface area contributed by atoms with Gasteiger partial charge in [-0.15, -0.1) is 0 Å². The minimum Gasteiger partial charge on any atom is -0.488 e. The van der Waals surface area contributed by atoms with E-state index in [1.807, 2.05) is 6.26 Å². The van der Waals surface area contributed by atoms with Crippen LogP contribution < -0.4 is 10.1 Å². The summed E-state index contributed by atoms with van der Waals surface area (Å²) in [7, 11) is 0. The van der Waals surface area contributed by atoms with Crippen molar-refractivity contribution in [1.82, 2.24) is 5.32 Å². The number of benzene rings is 1. The van der Waals surface area contributed by atoms with E-state index in [1.165, 1.54) is 23.9 Å². The zero-order chi connectivity index (χ0) is 15.9. The summed E-state index contributed by atoms with van der Waals surface area (Å²) in [4.78, 5) is 22.6. The van der Waals surface area contributed by atoms with Crippen LogP contribution in [0.1, 0.15) is 16.8 Å². The van der Waals surface area contributed by atoms with Gasteiger partial charge in [-0.25, -0.2) is 4.79 Å². The number of hydrogen-bond donors (Lipinski definition) is 2. The molecule has 0 unspecified atom stereocenters. The summed E-state index contributed by atoms with van der Waals surface area (Å²) in [5.41, 5.74) is 0.212. The summed E-state index contributed by atoms with van der Waals surface area (Å²) in [6, 6.07) is 6.04. The highest BCUT2D eigenvalue weighted by Gasteiger charge is 2.28. The van der Waals surface area contributed by atoms with E-state index in [2.05, 4.69) is 5.32 Å². The van der Waals surface area contributed by atoms with Crippen molar-refractivity contribution in [1.29, 1.82) is 0 Å². The Labute approximate surface area is 133 Å². The molecule has 1 aromatic rings. The van der Waals surface area contributed by atoms with Gasteiger partial charge in [0.2, 0.25) is 5.91 Å². The molecular formula is C15H19NO5S. The Hall–Kier alpha value is -1.73. The molecule has 0 aromatic heterocycles. The van der Waals surface area contributed by atoms with Crippen LogP contribution in [0.15, 0.2) is 24.3 Å². The van der Waals surface area contributed by atoms with E-state index in [-0.39, 0.29) is 23.6 Å². The van der Waals surface area contributed by atoms with E-state index in [1.54, 1.807) is 12.1 Å². The van der Waals surface area contributed by atoms with Crippen molar-refractivity contribution in [3.8, 4) is 5.75 Å². The Balaban J connectivity index is 1.98. The number of ether oxygens (including phenoxy) is 2. The van der Waals surface area contributed by atoms with Gasteiger partial charge in [-0.2, -0.15) is 11.8 Å². The van der Waals surface area contributed by atoms with Gasteiger partial charge in [0, 0.05) is 6.42 Å². The number of nitrogens with one attached hydrogen (secondary N) is 1. The lowest BCUT2D eigenvalue weighted by molar-refractivity contribution is -0.121. The van der Waals surface area contributed by atoms with Crippen molar-refractivity contribution in [2.45, 2.75) is 18.6 Å². The lowest BCUT2D eigenvalue weighted by Crippen LogP contribution is -2.52. The Kier molecular flexibility index (Phi) is 6.09. The lowest BCUT2D eigenvalue weighted by atomic mass is 10.1. The summed E-state index contributed by atoms with van der Waals surface area (Å²) in [5.74, 6) is -0.0325. The third-order valence-electron chi connectivity index (χ3n) is 3.30. The fourth-order valence-electron chi connectivity index (χ4n) is 2.22. The predicted octanol–water partition coefficient (Wildman–Crippen LogP) is 1.40. The number of amides is 1. The monoisotopic (exact) mass is 325 g/mol. The highest BCUT2D eigenvalue weighted by molar-refractivity contribution is 7.99. The van der Waals surface area contributed by atoms with Crippen molar-refractivity contribution < 1.29 is 24.2 Å². The van der Waals surface area contributed by atoms with Crippen LogP contribution in [-0.2, 0) is 9.53 Å². The quantitative estimate of drug-likeness (QED) is 0.822. The number of aromatic carboxylic acids is 1. The molecular weight excluding hydrogens is 306 g/mol. The van der Waals surface area contributed by atoms with Crippen LogP contribution in [0, 0.1) is 0 Å². The zero-order valence-electron chi connectivity index (χ0n) is 12.3. The van der Waals surface area contributed by atoms with Crippen molar-refractivity contribution in [2.75, 3.05) is 25.2 Å². The number of carbonyl (C=O) groups excluding carboxylic acids is 1. The Morgan fingerprint density at radius 2 is 2.14 bits per heavy atom. The zero-order valence-corrected chi connectivity index (χ0v) is 13.1. The molecule has 2 rings (SSSR count). The molecule has 1 heterocycles. The molecule has 1 aliphatic heterocycles. The van der Waals surface area contributed by atoms with Gasteiger partial charge in [0.05, 0.1) is 30.6 Å². The second kappa shape index (κ2) is 8.05. The molecule has 0 spiro atoms. The number of rotatable bonds is 6. The summed E-state index contributed by atoms with van der Waals surface area (Å²) >= 11 is 1.46. The van der Waals surface area contributed by atoms with Gasteiger partial charge in [-0.3, -0.25) is 4.79 Å². The minimum absolute atomic E-state index is 0.0437. The van der Waals surface area contributed by atoms with Crippen LogP contribution in [0.4, 0.5) is 0 Å². The summed E-state index contributed by atoms with van der Waals surface area (Å²) in [5, 5.41) is 11.8. The predicted molar refractivity (Wildman–Crippen MR) is 83.6 cm³/mol. The Bertz CT molecular complexity index is 519. The number of hydrogen-bond acceptors (Lipinski definition) is 5. The van der Waals surface area contributed by atoms with E-state index >= 15 is 0 Å². The molecule has 2 N–H and O–H groups in total. The maximum absolute atomic E-state index is 11.7. The molecule has 0 aliphatic carbocycles. The van der Waals surface area contributed by atoms with Crippen LogP contribution in [0.5, 0.6) is 5.75 Å². The summed E-state index contributed by atoms with van der Waals surface area (Å²) in [6.45, 7) is 0.991. The topological polar surface area (TPSA) is 84.9 Å². The Morgan fingerprint density at radius 3 is 2.77 bits per heavy atom. The van der Waals surface area contributed by atoms with Crippen LogP contribution in [0.25, 0.3) is 0 Å². The highest BCUT2D eigenvalue weighted by atomic mass is 32.2. The molecule has 7 heteroatoms. The smallest absolute Gasteiger partial charge is 0.335 e. The fraction of sp³-hybridized carbons (Fsp3) is 0.467. The molecule has 1 saturated heterocycles. The standard InChI is InChI=1S/C15H19NO5S/c1-22-9-14(17)16-12-8-20-7-6-13(12)21-11-4-2-10(3-5-11)15(18)19/h2-5,12-13H,6-9H2,1H3,(H,16,17)(H,18,19)/t12-,13-/m1/s1. The molecule has 1 amide bonds. The average molecular weight is 325 g/mol. The molecule has 22 heavy (non-hydrogen) atoms. The largest absolute Gasteiger partial charge is 0.488 e. The Morgan fingerprint density at radius 1 is 1.41 bits per heavy atom. The third kappa shape index (κ3) is 4.64. The van der Waals surface area contributed by atoms with E-state index < -0.39 is 5.97 Å². The molecule has 0 radical (unpaired) electrons.